The van der Waals surface area contributed by atoms with E-state index in [1.807, 2.05) is 24.3 Å². The van der Waals surface area contributed by atoms with Crippen LogP contribution in [0.3, 0.4) is 0 Å². The Morgan fingerprint density at radius 2 is 1.83 bits per heavy atom. The number of hydrogen-bond donors (Lipinski definition) is 1. The predicted octanol–water partition coefficient (Wildman–Crippen LogP) is 1.61. The van der Waals surface area contributed by atoms with Gasteiger partial charge in [-0.2, -0.15) is 0 Å². The Morgan fingerprint density at radius 3 is 2.33 bits per heavy atom. The van der Waals surface area contributed by atoms with Crippen LogP contribution in [0.1, 0.15) is 19.4 Å². The summed E-state index contributed by atoms with van der Waals surface area (Å²) >= 11 is 0. The first-order valence-electron chi connectivity index (χ1n) is 6.01. The smallest absolute Gasteiger partial charge is 0.153 e. The molecule has 5 heteroatoms. The molecule has 0 heterocycles. The molecule has 0 bridgehead atoms. The standard InChI is InChI=1S/C13H21NO3S/c1-11(2)18(15,16)9-8-14-10-12-4-6-13(17-3)7-5-12/h4-7,11,14H,8-10H2,1-3H3. The molecular formula is C13H21NO3S. The maximum absolute atomic E-state index is 11.6. The summed E-state index contributed by atoms with van der Waals surface area (Å²) in [6, 6.07) is 7.70. The monoisotopic (exact) mass is 271 g/mol. The summed E-state index contributed by atoms with van der Waals surface area (Å²) < 4.78 is 28.2. The molecule has 0 aliphatic rings. The predicted molar refractivity (Wildman–Crippen MR) is 73.6 cm³/mol. The third-order valence-electron chi connectivity index (χ3n) is 2.77. The minimum Gasteiger partial charge on any atom is -0.497 e. The van der Waals surface area contributed by atoms with Crippen molar-refractivity contribution in [3.05, 3.63) is 29.8 Å². The van der Waals surface area contributed by atoms with Gasteiger partial charge in [-0.15, -0.1) is 0 Å². The van der Waals surface area contributed by atoms with Gasteiger partial charge in [-0.1, -0.05) is 12.1 Å². The van der Waals surface area contributed by atoms with E-state index in [0.717, 1.165) is 11.3 Å². The number of ether oxygens (including phenoxy) is 1. The lowest BCUT2D eigenvalue weighted by molar-refractivity contribution is 0.414. The van der Waals surface area contributed by atoms with Crippen molar-refractivity contribution in [3.63, 3.8) is 0 Å². The zero-order valence-corrected chi connectivity index (χ0v) is 12.0. The molecule has 0 amide bonds. The lowest BCUT2D eigenvalue weighted by Gasteiger charge is -2.09. The Morgan fingerprint density at radius 1 is 1.22 bits per heavy atom. The quantitative estimate of drug-likeness (QED) is 0.766. The number of methoxy groups -OCH3 is 1. The lowest BCUT2D eigenvalue weighted by Crippen LogP contribution is -2.26. The van der Waals surface area contributed by atoms with Gasteiger partial charge < -0.3 is 10.1 Å². The second-order valence-electron chi connectivity index (χ2n) is 4.44. The van der Waals surface area contributed by atoms with Crippen LogP contribution in [0.2, 0.25) is 0 Å². The lowest BCUT2D eigenvalue weighted by atomic mass is 10.2. The summed E-state index contributed by atoms with van der Waals surface area (Å²) in [4.78, 5) is 0. The van der Waals surface area contributed by atoms with Crippen LogP contribution in [0.15, 0.2) is 24.3 Å². The Labute approximate surface area is 109 Å². The average Bonchev–Trinajstić information content (AvgIpc) is 2.35. The van der Waals surface area contributed by atoms with Crippen molar-refractivity contribution in [2.45, 2.75) is 25.6 Å². The van der Waals surface area contributed by atoms with Crippen molar-refractivity contribution < 1.29 is 13.2 Å². The highest BCUT2D eigenvalue weighted by molar-refractivity contribution is 7.92. The molecule has 0 aliphatic heterocycles. The van der Waals surface area contributed by atoms with Crippen molar-refractivity contribution >= 4 is 9.84 Å². The Kier molecular flexibility index (Phi) is 5.62. The molecule has 0 saturated heterocycles. The summed E-state index contributed by atoms with van der Waals surface area (Å²) in [7, 11) is -1.32. The van der Waals surface area contributed by atoms with E-state index in [1.54, 1.807) is 21.0 Å². The van der Waals surface area contributed by atoms with Crippen LogP contribution in [-0.4, -0.2) is 33.1 Å². The van der Waals surface area contributed by atoms with Crippen molar-refractivity contribution in [1.82, 2.24) is 5.32 Å². The van der Waals surface area contributed by atoms with E-state index in [4.69, 9.17) is 4.74 Å². The maximum Gasteiger partial charge on any atom is 0.153 e. The topological polar surface area (TPSA) is 55.4 Å². The molecule has 102 valence electrons. The highest BCUT2D eigenvalue weighted by Crippen LogP contribution is 2.10. The van der Waals surface area contributed by atoms with Gasteiger partial charge in [0.1, 0.15) is 5.75 Å². The highest BCUT2D eigenvalue weighted by Gasteiger charge is 2.14. The zero-order valence-electron chi connectivity index (χ0n) is 11.1. The summed E-state index contributed by atoms with van der Waals surface area (Å²) in [6.45, 7) is 4.56. The van der Waals surface area contributed by atoms with Gasteiger partial charge in [0.25, 0.3) is 0 Å². The molecule has 0 aromatic heterocycles. The van der Waals surface area contributed by atoms with Crippen molar-refractivity contribution in [1.29, 1.82) is 0 Å². The molecule has 1 N–H and O–H groups in total. The van der Waals surface area contributed by atoms with E-state index in [2.05, 4.69) is 5.32 Å². The molecule has 0 radical (unpaired) electrons. The van der Waals surface area contributed by atoms with Crippen LogP contribution in [0, 0.1) is 0 Å². The van der Waals surface area contributed by atoms with Gasteiger partial charge in [0.2, 0.25) is 0 Å². The molecule has 0 spiro atoms. The molecule has 1 rings (SSSR count). The minimum absolute atomic E-state index is 0.181. The maximum atomic E-state index is 11.6. The van der Waals surface area contributed by atoms with Crippen LogP contribution in [0.4, 0.5) is 0 Å². The third-order valence-corrected chi connectivity index (χ3v) is 4.98. The van der Waals surface area contributed by atoms with Gasteiger partial charge in [-0.05, 0) is 31.5 Å². The highest BCUT2D eigenvalue weighted by atomic mass is 32.2. The van der Waals surface area contributed by atoms with Crippen LogP contribution in [-0.2, 0) is 16.4 Å². The summed E-state index contributed by atoms with van der Waals surface area (Å²) in [5, 5.41) is 2.82. The minimum atomic E-state index is -2.95. The fourth-order valence-electron chi connectivity index (χ4n) is 1.43. The Hall–Kier alpha value is -1.07. The molecule has 0 atom stereocenters. The molecular weight excluding hydrogens is 250 g/mol. The van der Waals surface area contributed by atoms with Crippen LogP contribution < -0.4 is 10.1 Å². The Bertz CT molecular complexity index is 452. The van der Waals surface area contributed by atoms with Gasteiger partial charge >= 0.3 is 0 Å². The Balaban J connectivity index is 2.34. The van der Waals surface area contributed by atoms with E-state index in [9.17, 15) is 8.42 Å². The van der Waals surface area contributed by atoms with E-state index < -0.39 is 9.84 Å². The molecule has 0 aliphatic carbocycles. The largest absolute Gasteiger partial charge is 0.497 e. The van der Waals surface area contributed by atoms with Gasteiger partial charge in [0.05, 0.1) is 18.1 Å². The summed E-state index contributed by atoms with van der Waals surface area (Å²) in [5.74, 6) is 1.00. The van der Waals surface area contributed by atoms with E-state index >= 15 is 0 Å². The van der Waals surface area contributed by atoms with Crippen molar-refractivity contribution in [2.75, 3.05) is 19.4 Å². The van der Waals surface area contributed by atoms with Gasteiger partial charge in [-0.3, -0.25) is 0 Å². The first-order valence-corrected chi connectivity index (χ1v) is 7.72. The molecule has 1 aromatic carbocycles. The van der Waals surface area contributed by atoms with Crippen LogP contribution in [0.5, 0.6) is 5.75 Å². The molecule has 0 unspecified atom stereocenters. The molecule has 0 fully saturated rings. The van der Waals surface area contributed by atoms with Crippen molar-refractivity contribution in [2.24, 2.45) is 0 Å². The van der Waals surface area contributed by atoms with Crippen LogP contribution >= 0.6 is 0 Å². The molecule has 0 saturated carbocycles. The van der Waals surface area contributed by atoms with E-state index in [-0.39, 0.29) is 11.0 Å². The third kappa shape index (κ3) is 4.66. The number of rotatable bonds is 7. The summed E-state index contributed by atoms with van der Waals surface area (Å²) in [6.07, 6.45) is 0. The van der Waals surface area contributed by atoms with E-state index in [0.29, 0.717) is 13.1 Å². The number of benzene rings is 1. The fourth-order valence-corrected chi connectivity index (χ4v) is 2.33. The number of nitrogens with one attached hydrogen (secondary N) is 1. The second-order valence-corrected chi connectivity index (χ2v) is 7.12. The van der Waals surface area contributed by atoms with E-state index in [1.165, 1.54) is 0 Å². The molecule has 4 nitrogen and oxygen atoms in total. The SMILES string of the molecule is COc1ccc(CNCCS(=O)(=O)C(C)C)cc1. The fraction of sp³-hybridized carbons (Fsp3) is 0.538. The molecule has 18 heavy (non-hydrogen) atoms. The van der Waals surface area contributed by atoms with Gasteiger partial charge in [0.15, 0.2) is 9.84 Å². The summed E-state index contributed by atoms with van der Waals surface area (Å²) in [5.41, 5.74) is 1.11. The van der Waals surface area contributed by atoms with Crippen molar-refractivity contribution in [3.8, 4) is 5.75 Å². The first kappa shape index (κ1) is 15.0. The zero-order chi connectivity index (χ0) is 13.6. The second kappa shape index (κ2) is 6.75. The van der Waals surface area contributed by atoms with Gasteiger partial charge in [-0.25, -0.2) is 8.42 Å². The first-order chi connectivity index (χ1) is 8.45. The normalized spacial score (nSPS) is 11.8. The van der Waals surface area contributed by atoms with Crippen LogP contribution in [0.25, 0.3) is 0 Å². The number of sulfone groups is 1. The molecule has 1 aromatic rings. The number of hydrogen-bond acceptors (Lipinski definition) is 4. The average molecular weight is 271 g/mol. The van der Waals surface area contributed by atoms with Gasteiger partial charge in [0, 0.05) is 13.1 Å².